The van der Waals surface area contributed by atoms with Crippen LogP contribution in [0.2, 0.25) is 5.02 Å². The van der Waals surface area contributed by atoms with E-state index in [-0.39, 0.29) is 11.3 Å². The van der Waals surface area contributed by atoms with Gasteiger partial charge in [-0.25, -0.2) is 13.2 Å². The molecule has 0 saturated carbocycles. The van der Waals surface area contributed by atoms with E-state index < -0.39 is 37.7 Å². The Labute approximate surface area is 146 Å². The first-order valence-corrected chi connectivity index (χ1v) is 8.48. The van der Waals surface area contributed by atoms with Gasteiger partial charge in [0.2, 0.25) is 0 Å². The van der Waals surface area contributed by atoms with Gasteiger partial charge in [-0.3, -0.25) is 4.72 Å². The van der Waals surface area contributed by atoms with Gasteiger partial charge in [0.15, 0.2) is 0 Å². The molecule has 134 valence electrons. The van der Waals surface area contributed by atoms with E-state index in [9.17, 15) is 26.4 Å². The number of rotatable bonds is 4. The summed E-state index contributed by atoms with van der Waals surface area (Å²) in [6.07, 6.45) is -4.79. The molecule has 0 saturated heterocycles. The molecule has 1 N–H and O–H groups in total. The minimum absolute atomic E-state index is 0.0659. The van der Waals surface area contributed by atoms with Crippen molar-refractivity contribution in [2.24, 2.45) is 0 Å². The predicted octanol–water partition coefficient (Wildman–Crippen LogP) is 3.95. The number of hydrogen-bond donors (Lipinski definition) is 1. The highest BCUT2D eigenvalue weighted by Crippen LogP contribution is 2.36. The average molecular weight is 394 g/mol. The van der Waals surface area contributed by atoms with Crippen molar-refractivity contribution in [3.63, 3.8) is 0 Å². The molecule has 0 aliphatic carbocycles. The molecule has 0 fully saturated rings. The van der Waals surface area contributed by atoms with Gasteiger partial charge < -0.3 is 4.74 Å². The number of ether oxygens (including phenoxy) is 1. The largest absolute Gasteiger partial charge is 0.465 e. The van der Waals surface area contributed by atoms with Crippen LogP contribution in [0.3, 0.4) is 0 Å². The zero-order valence-corrected chi connectivity index (χ0v) is 14.2. The van der Waals surface area contributed by atoms with Gasteiger partial charge in [-0.1, -0.05) is 11.6 Å². The van der Waals surface area contributed by atoms with Gasteiger partial charge >= 0.3 is 12.1 Å². The number of anilines is 1. The molecule has 0 aliphatic rings. The van der Waals surface area contributed by atoms with Crippen molar-refractivity contribution in [1.29, 1.82) is 0 Å². The van der Waals surface area contributed by atoms with Crippen LogP contribution in [0.15, 0.2) is 47.4 Å². The summed E-state index contributed by atoms with van der Waals surface area (Å²) in [7, 11) is -3.08. The molecular formula is C15H11ClF3NO4S. The SMILES string of the molecule is COC(=O)c1ccc(NS(=O)(=O)c2ccc(Cl)c(C(F)(F)F)c2)cc1. The molecular weight excluding hydrogens is 383 g/mol. The maximum Gasteiger partial charge on any atom is 0.417 e. The van der Waals surface area contributed by atoms with Crippen LogP contribution in [0.5, 0.6) is 0 Å². The Kier molecular flexibility index (Phi) is 5.28. The van der Waals surface area contributed by atoms with Gasteiger partial charge in [-0.15, -0.1) is 0 Å². The maximum absolute atomic E-state index is 12.9. The smallest absolute Gasteiger partial charge is 0.417 e. The van der Waals surface area contributed by atoms with Gasteiger partial charge in [0.25, 0.3) is 10.0 Å². The standard InChI is InChI=1S/C15H11ClF3NO4S/c1-24-14(21)9-2-4-10(5-3-9)20-25(22,23)11-6-7-13(16)12(8-11)15(17,18)19/h2-8,20H,1H3. The highest BCUT2D eigenvalue weighted by molar-refractivity contribution is 7.92. The van der Waals surface area contributed by atoms with E-state index in [0.29, 0.717) is 6.07 Å². The quantitative estimate of drug-likeness (QED) is 0.798. The third-order valence-corrected chi connectivity index (χ3v) is 4.82. The fourth-order valence-electron chi connectivity index (χ4n) is 1.90. The summed E-state index contributed by atoms with van der Waals surface area (Å²) in [5.74, 6) is -0.609. The van der Waals surface area contributed by atoms with Crippen LogP contribution in [-0.2, 0) is 20.9 Å². The first-order valence-electron chi connectivity index (χ1n) is 6.62. The number of nitrogens with one attached hydrogen (secondary N) is 1. The molecule has 0 aliphatic heterocycles. The first-order chi connectivity index (χ1) is 11.5. The lowest BCUT2D eigenvalue weighted by Gasteiger charge is -2.12. The van der Waals surface area contributed by atoms with Crippen LogP contribution in [-0.4, -0.2) is 21.5 Å². The molecule has 25 heavy (non-hydrogen) atoms. The van der Waals surface area contributed by atoms with Crippen molar-refractivity contribution < 1.29 is 31.1 Å². The Bertz CT molecular complexity index is 896. The van der Waals surface area contributed by atoms with Gasteiger partial charge in [0.1, 0.15) is 0 Å². The van der Waals surface area contributed by atoms with Crippen molar-refractivity contribution in [2.45, 2.75) is 11.1 Å². The van der Waals surface area contributed by atoms with Crippen molar-refractivity contribution in [3.8, 4) is 0 Å². The number of sulfonamides is 1. The normalized spacial score (nSPS) is 11.9. The van der Waals surface area contributed by atoms with E-state index in [2.05, 4.69) is 9.46 Å². The minimum Gasteiger partial charge on any atom is -0.465 e. The van der Waals surface area contributed by atoms with Crippen molar-refractivity contribution in [2.75, 3.05) is 11.8 Å². The van der Waals surface area contributed by atoms with Crippen LogP contribution in [0.4, 0.5) is 18.9 Å². The summed E-state index contributed by atoms with van der Waals surface area (Å²) in [5, 5.41) is -0.603. The van der Waals surface area contributed by atoms with Crippen LogP contribution in [0.1, 0.15) is 15.9 Å². The fourth-order valence-corrected chi connectivity index (χ4v) is 3.20. The molecule has 0 heterocycles. The second kappa shape index (κ2) is 6.93. The molecule has 2 aromatic rings. The molecule has 5 nitrogen and oxygen atoms in total. The lowest BCUT2D eigenvalue weighted by Crippen LogP contribution is -2.15. The summed E-state index contributed by atoms with van der Waals surface area (Å²) in [6, 6.07) is 7.46. The Morgan fingerprint density at radius 1 is 1.12 bits per heavy atom. The summed E-state index contributed by atoms with van der Waals surface area (Å²) < 4.78 is 69.7. The molecule has 0 unspecified atom stereocenters. The number of carbonyl (C=O) groups is 1. The predicted molar refractivity (Wildman–Crippen MR) is 85.0 cm³/mol. The number of esters is 1. The summed E-state index contributed by atoms with van der Waals surface area (Å²) >= 11 is 5.47. The van der Waals surface area contributed by atoms with Crippen LogP contribution < -0.4 is 4.72 Å². The number of hydrogen-bond acceptors (Lipinski definition) is 4. The van der Waals surface area contributed by atoms with Crippen LogP contribution >= 0.6 is 11.6 Å². The van der Waals surface area contributed by atoms with Crippen molar-refractivity contribution in [1.82, 2.24) is 0 Å². The first kappa shape index (κ1) is 19.1. The zero-order chi connectivity index (χ0) is 18.8. The van der Waals surface area contributed by atoms with E-state index in [1.54, 1.807) is 0 Å². The second-order valence-electron chi connectivity index (χ2n) is 4.81. The Morgan fingerprint density at radius 2 is 1.72 bits per heavy atom. The Morgan fingerprint density at radius 3 is 2.24 bits per heavy atom. The molecule has 0 atom stereocenters. The van der Waals surface area contributed by atoms with E-state index in [0.717, 1.165) is 12.1 Å². The fraction of sp³-hybridized carbons (Fsp3) is 0.133. The van der Waals surface area contributed by atoms with E-state index >= 15 is 0 Å². The van der Waals surface area contributed by atoms with Gasteiger partial charge in [0.05, 0.1) is 28.2 Å². The Hall–Kier alpha value is -2.26. The van der Waals surface area contributed by atoms with Gasteiger partial charge in [-0.05, 0) is 42.5 Å². The van der Waals surface area contributed by atoms with Gasteiger partial charge in [0, 0.05) is 5.69 Å². The van der Waals surface area contributed by atoms with E-state index in [1.165, 1.54) is 31.4 Å². The van der Waals surface area contributed by atoms with Crippen LogP contribution in [0, 0.1) is 0 Å². The van der Waals surface area contributed by atoms with E-state index in [1.807, 2.05) is 0 Å². The molecule has 2 rings (SSSR count). The highest BCUT2D eigenvalue weighted by Gasteiger charge is 2.34. The molecule has 2 aromatic carbocycles. The highest BCUT2D eigenvalue weighted by atomic mass is 35.5. The van der Waals surface area contributed by atoms with Crippen molar-refractivity contribution >= 4 is 33.3 Å². The van der Waals surface area contributed by atoms with Gasteiger partial charge in [-0.2, -0.15) is 13.2 Å². The molecule has 0 radical (unpaired) electrons. The number of benzene rings is 2. The van der Waals surface area contributed by atoms with Crippen molar-refractivity contribution in [3.05, 3.63) is 58.6 Å². The number of carbonyl (C=O) groups excluding carboxylic acids is 1. The summed E-state index contributed by atoms with van der Waals surface area (Å²) in [5.41, 5.74) is -0.995. The average Bonchev–Trinajstić information content (AvgIpc) is 2.53. The lowest BCUT2D eigenvalue weighted by molar-refractivity contribution is -0.137. The maximum atomic E-state index is 12.9. The number of alkyl halides is 3. The lowest BCUT2D eigenvalue weighted by atomic mass is 10.2. The molecule has 0 spiro atoms. The topological polar surface area (TPSA) is 72.5 Å². The molecule has 0 amide bonds. The Balaban J connectivity index is 2.32. The number of halogens is 4. The third kappa shape index (κ3) is 4.43. The van der Waals surface area contributed by atoms with Crippen LogP contribution in [0.25, 0.3) is 0 Å². The molecule has 10 heteroatoms. The molecule has 0 bridgehead atoms. The minimum atomic E-state index is -4.79. The second-order valence-corrected chi connectivity index (χ2v) is 6.90. The zero-order valence-electron chi connectivity index (χ0n) is 12.6. The monoisotopic (exact) mass is 393 g/mol. The third-order valence-electron chi connectivity index (χ3n) is 3.11. The summed E-state index contributed by atoms with van der Waals surface area (Å²) in [6.45, 7) is 0. The van der Waals surface area contributed by atoms with E-state index in [4.69, 9.17) is 11.6 Å². The molecule has 0 aromatic heterocycles. The summed E-state index contributed by atoms with van der Waals surface area (Å²) in [4.78, 5) is 10.7. The number of methoxy groups -OCH3 is 1.